The lowest BCUT2D eigenvalue weighted by atomic mass is 10.1. The van der Waals surface area contributed by atoms with Crippen LogP contribution in [0.4, 0.5) is 5.82 Å². The number of benzene rings is 1. The van der Waals surface area contributed by atoms with Gasteiger partial charge in [0.2, 0.25) is 0 Å². The van der Waals surface area contributed by atoms with Crippen molar-refractivity contribution in [2.24, 2.45) is 0 Å². The molecule has 114 valence electrons. The molecular weight excluding hydrogens is 296 g/mol. The molecule has 5 heteroatoms. The molecule has 4 nitrogen and oxygen atoms in total. The molecule has 0 amide bonds. The van der Waals surface area contributed by atoms with Gasteiger partial charge in [-0.05, 0) is 24.1 Å². The highest BCUT2D eigenvalue weighted by atomic mass is 35.5. The van der Waals surface area contributed by atoms with E-state index in [2.05, 4.69) is 34.9 Å². The molecule has 0 radical (unpaired) electrons. The van der Waals surface area contributed by atoms with Gasteiger partial charge in [-0.1, -0.05) is 25.4 Å². The Balaban J connectivity index is 2.07. The molecule has 2 heterocycles. The van der Waals surface area contributed by atoms with Crippen molar-refractivity contribution in [3.63, 3.8) is 0 Å². The van der Waals surface area contributed by atoms with Crippen LogP contribution in [-0.4, -0.2) is 29.0 Å². The summed E-state index contributed by atoms with van der Waals surface area (Å²) in [7, 11) is 3.88. The van der Waals surface area contributed by atoms with E-state index in [1.807, 2.05) is 31.1 Å². The van der Waals surface area contributed by atoms with E-state index in [-0.39, 0.29) is 0 Å². The van der Waals surface area contributed by atoms with Crippen LogP contribution >= 0.6 is 11.6 Å². The molecule has 22 heavy (non-hydrogen) atoms. The molecule has 0 spiro atoms. The zero-order valence-electron chi connectivity index (χ0n) is 13.2. The van der Waals surface area contributed by atoms with Crippen LogP contribution in [0, 0.1) is 0 Å². The molecule has 0 aliphatic heterocycles. The summed E-state index contributed by atoms with van der Waals surface area (Å²) in [6, 6.07) is 6.18. The van der Waals surface area contributed by atoms with E-state index in [9.17, 15) is 0 Å². The number of nitrogens with zero attached hydrogens (tertiary/aromatic N) is 3. The number of fused-ring (bicyclic) bond motifs is 1. The third-order valence-corrected chi connectivity index (χ3v) is 4.04. The van der Waals surface area contributed by atoms with Gasteiger partial charge in [-0.15, -0.1) is 0 Å². The molecule has 0 unspecified atom stereocenters. The fraction of sp³-hybridized carbons (Fsp3) is 0.294. The molecule has 1 aromatic carbocycles. The van der Waals surface area contributed by atoms with Gasteiger partial charge < -0.3 is 9.88 Å². The molecule has 2 aromatic heterocycles. The number of aromatic amines is 1. The highest BCUT2D eigenvalue weighted by Crippen LogP contribution is 2.32. The summed E-state index contributed by atoms with van der Waals surface area (Å²) < 4.78 is 0. The zero-order chi connectivity index (χ0) is 15.9. The van der Waals surface area contributed by atoms with Crippen molar-refractivity contribution in [2.45, 2.75) is 19.8 Å². The van der Waals surface area contributed by atoms with Gasteiger partial charge in [0.25, 0.3) is 0 Å². The van der Waals surface area contributed by atoms with Crippen molar-refractivity contribution in [1.82, 2.24) is 15.0 Å². The fourth-order valence-corrected chi connectivity index (χ4v) is 2.64. The molecule has 0 aliphatic rings. The van der Waals surface area contributed by atoms with Crippen LogP contribution in [0.2, 0.25) is 5.02 Å². The Bertz CT molecular complexity index is 803. The Kier molecular flexibility index (Phi) is 3.79. The second-order valence-corrected chi connectivity index (χ2v) is 6.36. The summed E-state index contributed by atoms with van der Waals surface area (Å²) >= 11 is 6.44. The van der Waals surface area contributed by atoms with E-state index in [4.69, 9.17) is 11.6 Å². The summed E-state index contributed by atoms with van der Waals surface area (Å²) in [5, 5.41) is 1.81. The Hall–Kier alpha value is -2.07. The topological polar surface area (TPSA) is 44.8 Å². The number of hydrogen-bond acceptors (Lipinski definition) is 3. The van der Waals surface area contributed by atoms with Crippen molar-refractivity contribution in [2.75, 3.05) is 19.0 Å². The van der Waals surface area contributed by atoms with Crippen molar-refractivity contribution in [3.05, 3.63) is 41.3 Å². The van der Waals surface area contributed by atoms with Gasteiger partial charge >= 0.3 is 0 Å². The average molecular weight is 315 g/mol. The van der Waals surface area contributed by atoms with E-state index in [0.717, 1.165) is 28.0 Å². The molecule has 3 aromatic rings. The number of aromatic nitrogens is 3. The van der Waals surface area contributed by atoms with Gasteiger partial charge in [-0.2, -0.15) is 0 Å². The quantitative estimate of drug-likeness (QED) is 0.776. The largest absolute Gasteiger partial charge is 0.361 e. The molecule has 0 saturated carbocycles. The SMILES string of the molecule is CC(C)c1cc2cc(Cl)c(-c3cnc(N(C)C)cn3)cc2[nH]1. The van der Waals surface area contributed by atoms with E-state index in [1.165, 1.54) is 5.69 Å². The second-order valence-electron chi connectivity index (χ2n) is 5.95. The lowest BCUT2D eigenvalue weighted by Crippen LogP contribution is -2.10. The van der Waals surface area contributed by atoms with Crippen LogP contribution in [0.25, 0.3) is 22.2 Å². The molecule has 0 aliphatic carbocycles. The first-order valence-corrected chi connectivity index (χ1v) is 7.65. The molecule has 0 saturated heterocycles. The van der Waals surface area contributed by atoms with Crippen LogP contribution in [0.3, 0.4) is 0 Å². The lowest BCUT2D eigenvalue weighted by Gasteiger charge is -2.11. The molecular formula is C17H19ClN4. The Labute approximate surface area is 135 Å². The van der Waals surface area contributed by atoms with Crippen LogP contribution in [0.5, 0.6) is 0 Å². The maximum Gasteiger partial charge on any atom is 0.146 e. The van der Waals surface area contributed by atoms with E-state index < -0.39 is 0 Å². The normalized spacial score (nSPS) is 11.4. The monoisotopic (exact) mass is 314 g/mol. The number of hydrogen-bond donors (Lipinski definition) is 1. The standard InChI is InChI=1S/C17H19ClN4/c1-10(2)14-6-11-5-13(18)12(7-15(11)21-14)16-8-20-17(9-19-16)22(3)4/h5-10,21H,1-4H3. The maximum atomic E-state index is 6.44. The Morgan fingerprint density at radius 2 is 1.86 bits per heavy atom. The van der Waals surface area contributed by atoms with Crippen molar-refractivity contribution < 1.29 is 0 Å². The Morgan fingerprint density at radius 3 is 2.45 bits per heavy atom. The van der Waals surface area contributed by atoms with Gasteiger partial charge in [0, 0.05) is 36.3 Å². The van der Waals surface area contributed by atoms with Gasteiger partial charge in [-0.3, -0.25) is 4.98 Å². The molecule has 0 fully saturated rings. The predicted octanol–water partition coefficient (Wildman–Crippen LogP) is 4.47. The Morgan fingerprint density at radius 1 is 1.09 bits per heavy atom. The van der Waals surface area contributed by atoms with Crippen LogP contribution < -0.4 is 4.90 Å². The van der Waals surface area contributed by atoms with Crippen molar-refractivity contribution in [1.29, 1.82) is 0 Å². The third kappa shape index (κ3) is 2.66. The van der Waals surface area contributed by atoms with E-state index >= 15 is 0 Å². The first kappa shape index (κ1) is 14.9. The van der Waals surface area contributed by atoms with E-state index in [1.54, 1.807) is 12.4 Å². The highest BCUT2D eigenvalue weighted by molar-refractivity contribution is 6.34. The minimum absolute atomic E-state index is 0.453. The highest BCUT2D eigenvalue weighted by Gasteiger charge is 2.11. The summed E-state index contributed by atoms with van der Waals surface area (Å²) in [6.07, 6.45) is 3.51. The zero-order valence-corrected chi connectivity index (χ0v) is 13.9. The number of anilines is 1. The first-order valence-electron chi connectivity index (χ1n) is 7.27. The van der Waals surface area contributed by atoms with Crippen molar-refractivity contribution >= 4 is 28.3 Å². The second kappa shape index (κ2) is 5.61. The number of H-pyrrole nitrogens is 1. The van der Waals surface area contributed by atoms with Gasteiger partial charge in [0.15, 0.2) is 0 Å². The molecule has 0 bridgehead atoms. The predicted molar refractivity (Wildman–Crippen MR) is 92.8 cm³/mol. The smallest absolute Gasteiger partial charge is 0.146 e. The van der Waals surface area contributed by atoms with Crippen LogP contribution in [0.1, 0.15) is 25.5 Å². The first-order chi connectivity index (χ1) is 10.5. The lowest BCUT2D eigenvalue weighted by molar-refractivity contribution is 0.836. The molecule has 0 atom stereocenters. The summed E-state index contributed by atoms with van der Waals surface area (Å²) in [5.41, 5.74) is 3.95. The minimum Gasteiger partial charge on any atom is -0.361 e. The van der Waals surface area contributed by atoms with E-state index in [0.29, 0.717) is 10.9 Å². The maximum absolute atomic E-state index is 6.44. The van der Waals surface area contributed by atoms with Gasteiger partial charge in [-0.25, -0.2) is 4.98 Å². The van der Waals surface area contributed by atoms with Crippen LogP contribution in [-0.2, 0) is 0 Å². The molecule has 1 N–H and O–H groups in total. The van der Waals surface area contributed by atoms with Gasteiger partial charge in [0.1, 0.15) is 5.82 Å². The minimum atomic E-state index is 0.453. The van der Waals surface area contributed by atoms with Gasteiger partial charge in [0.05, 0.1) is 23.1 Å². The molecule has 3 rings (SSSR count). The van der Waals surface area contributed by atoms with Crippen LogP contribution in [0.15, 0.2) is 30.6 Å². The van der Waals surface area contributed by atoms with Crippen molar-refractivity contribution in [3.8, 4) is 11.3 Å². The third-order valence-electron chi connectivity index (χ3n) is 3.72. The fourth-order valence-electron chi connectivity index (χ4n) is 2.37. The number of nitrogens with one attached hydrogen (secondary N) is 1. The summed E-state index contributed by atoms with van der Waals surface area (Å²) in [5.74, 6) is 1.27. The average Bonchev–Trinajstić information content (AvgIpc) is 2.89. The number of halogens is 1. The number of rotatable bonds is 3. The summed E-state index contributed by atoms with van der Waals surface area (Å²) in [6.45, 7) is 4.33. The summed E-state index contributed by atoms with van der Waals surface area (Å²) in [4.78, 5) is 14.2.